The Morgan fingerprint density at radius 2 is 1.86 bits per heavy atom. The third-order valence-corrected chi connectivity index (χ3v) is 4.41. The van der Waals surface area contributed by atoms with Crippen LogP contribution in [0.2, 0.25) is 0 Å². The second-order valence-electron chi connectivity index (χ2n) is 7.14. The van der Waals surface area contributed by atoms with E-state index in [9.17, 15) is 20.1 Å². The summed E-state index contributed by atoms with van der Waals surface area (Å²) in [5.74, 6) is -0.958. The summed E-state index contributed by atoms with van der Waals surface area (Å²) in [5.41, 5.74) is 3.08. The van der Waals surface area contributed by atoms with Gasteiger partial charge < -0.3 is 24.5 Å². The lowest BCUT2D eigenvalue weighted by atomic mass is 10.0. The molecule has 2 heterocycles. The van der Waals surface area contributed by atoms with Crippen LogP contribution in [0.3, 0.4) is 0 Å². The van der Waals surface area contributed by atoms with E-state index in [0.29, 0.717) is 11.3 Å². The van der Waals surface area contributed by atoms with Crippen LogP contribution in [-0.2, 0) is 0 Å². The van der Waals surface area contributed by atoms with Crippen molar-refractivity contribution in [3.05, 3.63) is 53.3 Å². The van der Waals surface area contributed by atoms with Crippen LogP contribution in [0.1, 0.15) is 35.5 Å². The molecular weight excluding hydrogens is 376 g/mol. The maximum absolute atomic E-state index is 12.4. The number of carbonyl (C=O) groups excluding carboxylic acids is 1. The summed E-state index contributed by atoms with van der Waals surface area (Å²) >= 11 is 0. The Morgan fingerprint density at radius 3 is 2.59 bits per heavy atom. The number of phenolic OH excluding ortho intramolecular Hbond substituents is 3. The zero-order valence-corrected chi connectivity index (χ0v) is 15.6. The van der Waals surface area contributed by atoms with Gasteiger partial charge in [-0.2, -0.15) is 5.10 Å². The number of hydrogen-bond acceptors (Lipinski definition) is 7. The van der Waals surface area contributed by atoms with Crippen LogP contribution < -0.4 is 10.2 Å². The molecule has 0 atom stereocenters. The van der Waals surface area contributed by atoms with Gasteiger partial charge in [0.25, 0.3) is 0 Å². The van der Waals surface area contributed by atoms with Crippen molar-refractivity contribution in [2.45, 2.75) is 19.4 Å². The average Bonchev–Trinajstić information content (AvgIpc) is 3.07. The van der Waals surface area contributed by atoms with E-state index in [2.05, 4.69) is 10.5 Å². The molecule has 0 unspecified atom stereocenters. The van der Waals surface area contributed by atoms with Gasteiger partial charge in [-0.15, -0.1) is 0 Å². The molecule has 3 aromatic rings. The maximum atomic E-state index is 12.4. The molecule has 1 aromatic heterocycles. The number of fused-ring (bicyclic) bond motifs is 3. The molecule has 2 aromatic carbocycles. The molecule has 0 bridgehead atoms. The van der Waals surface area contributed by atoms with Crippen molar-refractivity contribution in [1.82, 2.24) is 5.43 Å². The van der Waals surface area contributed by atoms with Crippen molar-refractivity contribution >= 4 is 29.2 Å². The molecule has 0 saturated carbocycles. The minimum atomic E-state index is -0.606. The van der Waals surface area contributed by atoms with Gasteiger partial charge in [0.05, 0.1) is 17.3 Å². The van der Waals surface area contributed by atoms with Crippen LogP contribution in [0.4, 0.5) is 0 Å². The fourth-order valence-corrected chi connectivity index (χ4v) is 3.02. The highest BCUT2D eigenvalue weighted by molar-refractivity contribution is 5.99. The van der Waals surface area contributed by atoms with E-state index in [1.165, 1.54) is 0 Å². The van der Waals surface area contributed by atoms with Gasteiger partial charge >= 0.3 is 5.91 Å². The van der Waals surface area contributed by atoms with Gasteiger partial charge in [0.2, 0.25) is 0 Å². The van der Waals surface area contributed by atoms with Gasteiger partial charge in [0.15, 0.2) is 5.76 Å². The second kappa shape index (κ2) is 6.59. The number of nitrogens with one attached hydrogen (secondary N) is 1. The number of furan rings is 1. The molecule has 1 aliphatic rings. The minimum Gasteiger partial charge on any atom is -0.508 e. The molecule has 0 radical (unpaired) electrons. The van der Waals surface area contributed by atoms with Crippen molar-refractivity contribution < 1.29 is 29.3 Å². The van der Waals surface area contributed by atoms with Crippen LogP contribution in [0.15, 0.2) is 45.9 Å². The molecule has 4 rings (SSSR count). The van der Waals surface area contributed by atoms with Crippen LogP contribution >= 0.6 is 0 Å². The highest BCUT2D eigenvalue weighted by Gasteiger charge is 2.24. The minimum absolute atomic E-state index is 0.0444. The molecule has 8 nitrogen and oxygen atoms in total. The summed E-state index contributed by atoms with van der Waals surface area (Å²) < 4.78 is 11.6. The normalized spacial score (nSPS) is 14.7. The molecule has 29 heavy (non-hydrogen) atoms. The lowest BCUT2D eigenvalue weighted by Gasteiger charge is -2.27. The van der Waals surface area contributed by atoms with Crippen molar-refractivity contribution in [3.63, 3.8) is 0 Å². The number of phenols is 3. The van der Waals surface area contributed by atoms with Gasteiger partial charge in [-0.3, -0.25) is 4.79 Å². The highest BCUT2D eigenvalue weighted by atomic mass is 16.5. The Kier molecular flexibility index (Phi) is 4.19. The number of amides is 1. The Hall–Kier alpha value is -3.94. The summed E-state index contributed by atoms with van der Waals surface area (Å²) in [6.45, 7) is 3.89. The van der Waals surface area contributed by atoms with Gasteiger partial charge in [0.1, 0.15) is 34.2 Å². The summed E-state index contributed by atoms with van der Waals surface area (Å²) in [4.78, 5) is 12.4. The Morgan fingerprint density at radius 1 is 1.14 bits per heavy atom. The first-order chi connectivity index (χ1) is 13.7. The zero-order valence-electron chi connectivity index (χ0n) is 15.6. The van der Waals surface area contributed by atoms with Crippen LogP contribution in [-0.4, -0.2) is 33.0 Å². The molecule has 0 spiro atoms. The molecule has 8 heteroatoms. The summed E-state index contributed by atoms with van der Waals surface area (Å²) in [5, 5.41) is 33.2. The Bertz CT molecular complexity index is 1170. The number of hydrogen-bond donors (Lipinski definition) is 4. The summed E-state index contributed by atoms with van der Waals surface area (Å²) in [6, 6.07) is 7.31. The maximum Gasteiger partial charge on any atom is 0.307 e. The van der Waals surface area contributed by atoms with Gasteiger partial charge in [-0.1, -0.05) is 0 Å². The predicted octanol–water partition coefficient (Wildman–Crippen LogP) is 3.50. The van der Waals surface area contributed by atoms with E-state index in [1.54, 1.807) is 12.1 Å². The largest absolute Gasteiger partial charge is 0.508 e. The van der Waals surface area contributed by atoms with Gasteiger partial charge in [0, 0.05) is 17.5 Å². The molecular formula is C21H18N2O6. The van der Waals surface area contributed by atoms with E-state index in [1.807, 2.05) is 32.1 Å². The van der Waals surface area contributed by atoms with E-state index < -0.39 is 11.5 Å². The Balaban J connectivity index is 1.57. The third-order valence-electron chi connectivity index (χ3n) is 4.41. The van der Waals surface area contributed by atoms with Crippen LogP contribution in [0, 0.1) is 0 Å². The van der Waals surface area contributed by atoms with Crippen molar-refractivity contribution in [2.24, 2.45) is 5.10 Å². The molecule has 1 aliphatic heterocycles. The van der Waals surface area contributed by atoms with E-state index in [4.69, 9.17) is 9.15 Å². The lowest BCUT2D eigenvalue weighted by molar-refractivity contribution is 0.0929. The topological polar surface area (TPSA) is 125 Å². The smallest absolute Gasteiger partial charge is 0.307 e. The van der Waals surface area contributed by atoms with Crippen molar-refractivity contribution in [2.75, 3.05) is 0 Å². The Labute approximate surface area is 165 Å². The standard InChI is InChI=1S/C21H18N2O6/c1-21(2)6-5-13-17(29-21)4-3-11-7-18(28-19(11)13)20(27)23-22-10-14-15(25)8-12(24)9-16(14)26/h3-10,24-26H,1-2H3,(H,23,27)/b22-10+. The quantitative estimate of drug-likeness (QED) is 0.398. The van der Waals surface area contributed by atoms with Gasteiger partial charge in [-0.25, -0.2) is 5.43 Å². The second-order valence-corrected chi connectivity index (χ2v) is 7.14. The number of aromatic hydroxyl groups is 3. The number of carbonyl (C=O) groups is 1. The zero-order chi connectivity index (χ0) is 20.8. The fraction of sp³-hybridized carbons (Fsp3) is 0.143. The fourth-order valence-electron chi connectivity index (χ4n) is 3.02. The average molecular weight is 394 g/mol. The summed E-state index contributed by atoms with van der Waals surface area (Å²) in [7, 11) is 0. The number of ether oxygens (including phenoxy) is 1. The monoisotopic (exact) mass is 394 g/mol. The molecule has 1 amide bonds. The number of benzene rings is 2. The SMILES string of the molecule is CC1(C)C=Cc2c(ccc3cc(C(=O)N/N=C/c4c(O)cc(O)cc4O)oc23)O1. The van der Waals surface area contributed by atoms with Crippen molar-refractivity contribution in [3.8, 4) is 23.0 Å². The van der Waals surface area contributed by atoms with E-state index >= 15 is 0 Å². The molecule has 148 valence electrons. The van der Waals surface area contributed by atoms with Crippen LogP contribution in [0.5, 0.6) is 23.0 Å². The first-order valence-electron chi connectivity index (χ1n) is 8.77. The molecule has 0 fully saturated rings. The first-order valence-corrected chi connectivity index (χ1v) is 8.77. The van der Waals surface area contributed by atoms with Crippen LogP contribution in [0.25, 0.3) is 17.0 Å². The van der Waals surface area contributed by atoms with Crippen molar-refractivity contribution in [1.29, 1.82) is 0 Å². The summed E-state index contributed by atoms with van der Waals surface area (Å²) in [6.07, 6.45) is 4.88. The number of rotatable bonds is 3. The first kappa shape index (κ1) is 18.4. The number of hydrazone groups is 1. The molecule has 0 saturated heterocycles. The van der Waals surface area contributed by atoms with E-state index in [0.717, 1.165) is 29.3 Å². The number of nitrogens with zero attached hydrogens (tertiary/aromatic N) is 1. The van der Waals surface area contributed by atoms with Gasteiger partial charge in [-0.05, 0) is 44.2 Å². The van der Waals surface area contributed by atoms with E-state index in [-0.39, 0.29) is 28.6 Å². The third kappa shape index (κ3) is 3.47. The molecule has 4 N–H and O–H groups in total. The lowest BCUT2D eigenvalue weighted by Crippen LogP contribution is -2.27. The highest BCUT2D eigenvalue weighted by Crippen LogP contribution is 2.37. The molecule has 0 aliphatic carbocycles. The predicted molar refractivity (Wildman–Crippen MR) is 106 cm³/mol.